The Morgan fingerprint density at radius 1 is 1.43 bits per heavy atom. The molecule has 4 rings (SSSR count). The zero-order valence-corrected chi connectivity index (χ0v) is 13.8. The van der Waals surface area contributed by atoms with Crippen molar-refractivity contribution >= 4 is 5.91 Å². The fourth-order valence-corrected chi connectivity index (χ4v) is 4.39. The zero-order valence-electron chi connectivity index (χ0n) is 13.8. The average Bonchev–Trinajstić information content (AvgIpc) is 3.22. The molecular weight excluding hydrogens is 294 g/mol. The molecule has 1 amide bonds. The lowest BCUT2D eigenvalue weighted by Gasteiger charge is -2.41. The second-order valence-electron chi connectivity index (χ2n) is 7.26. The third-order valence-electron chi connectivity index (χ3n) is 5.48. The molecule has 3 aliphatic heterocycles. The maximum absolute atomic E-state index is 12.0. The molecule has 0 radical (unpaired) electrons. The molecule has 3 fully saturated rings. The normalized spacial score (nSPS) is 32.3. The molecule has 3 aliphatic rings. The molecular formula is C17H25N3O3. The van der Waals surface area contributed by atoms with Gasteiger partial charge in [0.15, 0.2) is 0 Å². The molecule has 1 aromatic heterocycles. The minimum absolute atomic E-state index is 0.0788. The summed E-state index contributed by atoms with van der Waals surface area (Å²) in [6.45, 7) is 6.39. The SMILES string of the molecule is Cc1cc(CN2CC[C@]3(C[C@@H](N4CCCC4=O)CCO3)C2)no1. The minimum Gasteiger partial charge on any atom is -0.373 e. The van der Waals surface area contributed by atoms with Crippen LogP contribution in [-0.2, 0) is 16.1 Å². The van der Waals surface area contributed by atoms with Crippen molar-refractivity contribution < 1.29 is 14.1 Å². The first-order chi connectivity index (χ1) is 11.1. The van der Waals surface area contributed by atoms with Crippen molar-refractivity contribution in [1.29, 1.82) is 0 Å². The Labute approximate surface area is 136 Å². The van der Waals surface area contributed by atoms with Crippen LogP contribution in [0.5, 0.6) is 0 Å². The number of amides is 1. The Morgan fingerprint density at radius 3 is 3.09 bits per heavy atom. The van der Waals surface area contributed by atoms with Gasteiger partial charge in [0.2, 0.25) is 5.91 Å². The van der Waals surface area contributed by atoms with Crippen LogP contribution in [0.15, 0.2) is 10.6 Å². The summed E-state index contributed by atoms with van der Waals surface area (Å²) in [5, 5.41) is 4.09. The number of likely N-dealkylation sites (tertiary alicyclic amines) is 2. The smallest absolute Gasteiger partial charge is 0.222 e. The van der Waals surface area contributed by atoms with E-state index in [4.69, 9.17) is 9.26 Å². The van der Waals surface area contributed by atoms with Crippen LogP contribution in [0.3, 0.4) is 0 Å². The number of nitrogens with zero attached hydrogens (tertiary/aromatic N) is 3. The van der Waals surface area contributed by atoms with E-state index in [0.717, 1.165) is 76.3 Å². The van der Waals surface area contributed by atoms with Gasteiger partial charge in [0, 0.05) is 51.3 Å². The van der Waals surface area contributed by atoms with E-state index in [1.165, 1.54) is 0 Å². The van der Waals surface area contributed by atoms with Crippen LogP contribution >= 0.6 is 0 Å². The Bertz CT molecular complexity index is 587. The highest BCUT2D eigenvalue weighted by Crippen LogP contribution is 2.37. The highest BCUT2D eigenvalue weighted by Gasteiger charge is 2.45. The monoisotopic (exact) mass is 319 g/mol. The summed E-state index contributed by atoms with van der Waals surface area (Å²) in [5.74, 6) is 1.19. The highest BCUT2D eigenvalue weighted by molar-refractivity contribution is 5.78. The lowest BCUT2D eigenvalue weighted by molar-refractivity contribution is -0.137. The average molecular weight is 319 g/mol. The molecule has 0 N–H and O–H groups in total. The quantitative estimate of drug-likeness (QED) is 0.849. The molecule has 126 valence electrons. The Hall–Kier alpha value is -1.40. The number of aromatic nitrogens is 1. The molecule has 3 saturated heterocycles. The van der Waals surface area contributed by atoms with Crippen molar-refractivity contribution in [2.75, 3.05) is 26.2 Å². The van der Waals surface area contributed by atoms with E-state index < -0.39 is 0 Å². The van der Waals surface area contributed by atoms with Crippen molar-refractivity contribution in [3.05, 3.63) is 17.5 Å². The molecule has 0 aromatic carbocycles. The van der Waals surface area contributed by atoms with Crippen LogP contribution in [0.25, 0.3) is 0 Å². The molecule has 2 atom stereocenters. The summed E-state index contributed by atoms with van der Waals surface area (Å²) in [5.41, 5.74) is 0.909. The maximum Gasteiger partial charge on any atom is 0.222 e. The Kier molecular flexibility index (Phi) is 3.89. The van der Waals surface area contributed by atoms with Gasteiger partial charge in [-0.15, -0.1) is 0 Å². The van der Waals surface area contributed by atoms with Gasteiger partial charge in [0.25, 0.3) is 0 Å². The standard InChI is InChI=1S/C17H25N3O3/c1-13-9-14(18-23-13)11-19-7-5-17(12-19)10-15(4-8-22-17)20-6-2-3-16(20)21/h9,15H,2-8,10-12H2,1H3/t15-,17-/m0/s1. The van der Waals surface area contributed by atoms with Crippen molar-refractivity contribution in [2.45, 2.75) is 57.2 Å². The predicted molar refractivity (Wildman–Crippen MR) is 83.8 cm³/mol. The van der Waals surface area contributed by atoms with Crippen LogP contribution in [0.1, 0.15) is 43.6 Å². The zero-order chi connectivity index (χ0) is 15.9. The molecule has 0 aliphatic carbocycles. The predicted octanol–water partition coefficient (Wildman–Crippen LogP) is 1.73. The van der Waals surface area contributed by atoms with Gasteiger partial charge in [0.05, 0.1) is 11.3 Å². The number of rotatable bonds is 3. The van der Waals surface area contributed by atoms with E-state index in [-0.39, 0.29) is 5.60 Å². The lowest BCUT2D eigenvalue weighted by atomic mass is 9.89. The maximum atomic E-state index is 12.0. The van der Waals surface area contributed by atoms with Gasteiger partial charge in [-0.1, -0.05) is 5.16 Å². The van der Waals surface area contributed by atoms with Gasteiger partial charge < -0.3 is 14.2 Å². The molecule has 6 nitrogen and oxygen atoms in total. The summed E-state index contributed by atoms with van der Waals surface area (Å²) in [6.07, 6.45) is 4.74. The van der Waals surface area contributed by atoms with Crippen LogP contribution in [-0.4, -0.2) is 58.7 Å². The molecule has 0 bridgehead atoms. The highest BCUT2D eigenvalue weighted by atomic mass is 16.5. The minimum atomic E-state index is -0.0788. The van der Waals surface area contributed by atoms with Crippen LogP contribution in [0.4, 0.5) is 0 Å². The van der Waals surface area contributed by atoms with Crippen LogP contribution < -0.4 is 0 Å². The van der Waals surface area contributed by atoms with Gasteiger partial charge in [-0.25, -0.2) is 0 Å². The summed E-state index contributed by atoms with van der Waals surface area (Å²) >= 11 is 0. The van der Waals surface area contributed by atoms with E-state index >= 15 is 0 Å². The van der Waals surface area contributed by atoms with Crippen LogP contribution in [0, 0.1) is 6.92 Å². The molecule has 1 spiro atoms. The first-order valence-electron chi connectivity index (χ1n) is 8.72. The van der Waals surface area contributed by atoms with Gasteiger partial charge in [-0.3, -0.25) is 9.69 Å². The molecule has 4 heterocycles. The summed E-state index contributed by atoms with van der Waals surface area (Å²) in [6, 6.07) is 2.37. The van der Waals surface area contributed by atoms with Gasteiger partial charge in [-0.05, 0) is 32.6 Å². The molecule has 0 unspecified atom stereocenters. The molecule has 1 aromatic rings. The molecule has 6 heteroatoms. The van der Waals surface area contributed by atoms with Gasteiger partial charge in [-0.2, -0.15) is 0 Å². The summed E-state index contributed by atoms with van der Waals surface area (Å²) in [4.78, 5) is 16.5. The third kappa shape index (κ3) is 3.02. The van der Waals surface area contributed by atoms with E-state index in [1.807, 2.05) is 13.0 Å². The first-order valence-corrected chi connectivity index (χ1v) is 8.72. The van der Waals surface area contributed by atoms with Crippen molar-refractivity contribution in [1.82, 2.24) is 15.0 Å². The third-order valence-corrected chi connectivity index (χ3v) is 5.48. The van der Waals surface area contributed by atoms with Gasteiger partial charge in [0.1, 0.15) is 5.76 Å². The fourth-order valence-electron chi connectivity index (χ4n) is 4.39. The van der Waals surface area contributed by atoms with Crippen LogP contribution in [0.2, 0.25) is 0 Å². The molecule has 0 saturated carbocycles. The number of hydrogen-bond donors (Lipinski definition) is 0. The van der Waals surface area contributed by atoms with E-state index in [9.17, 15) is 4.79 Å². The summed E-state index contributed by atoms with van der Waals surface area (Å²) < 4.78 is 11.4. The number of hydrogen-bond acceptors (Lipinski definition) is 5. The lowest BCUT2D eigenvalue weighted by Crippen LogP contribution is -2.50. The first kappa shape index (κ1) is 15.1. The number of carbonyl (C=O) groups excluding carboxylic acids is 1. The van der Waals surface area contributed by atoms with E-state index in [2.05, 4.69) is 15.0 Å². The fraction of sp³-hybridized carbons (Fsp3) is 0.765. The second kappa shape index (κ2) is 5.91. The van der Waals surface area contributed by atoms with E-state index in [0.29, 0.717) is 11.9 Å². The number of carbonyl (C=O) groups is 1. The topological polar surface area (TPSA) is 58.8 Å². The Balaban J connectivity index is 1.39. The summed E-state index contributed by atoms with van der Waals surface area (Å²) in [7, 11) is 0. The van der Waals surface area contributed by atoms with Crippen molar-refractivity contribution in [3.8, 4) is 0 Å². The molecule has 23 heavy (non-hydrogen) atoms. The van der Waals surface area contributed by atoms with Crippen molar-refractivity contribution in [3.63, 3.8) is 0 Å². The van der Waals surface area contributed by atoms with Gasteiger partial charge >= 0.3 is 0 Å². The van der Waals surface area contributed by atoms with Crippen molar-refractivity contribution in [2.24, 2.45) is 0 Å². The van der Waals surface area contributed by atoms with E-state index in [1.54, 1.807) is 0 Å². The number of ether oxygens (including phenoxy) is 1. The number of aryl methyl sites for hydroxylation is 1. The Morgan fingerprint density at radius 2 is 2.35 bits per heavy atom. The largest absolute Gasteiger partial charge is 0.373 e. The second-order valence-corrected chi connectivity index (χ2v) is 7.26.